The van der Waals surface area contributed by atoms with Gasteiger partial charge < -0.3 is 80.0 Å². The van der Waals surface area contributed by atoms with Gasteiger partial charge in [0, 0.05) is 236 Å². The number of aromatic nitrogens is 2. The van der Waals surface area contributed by atoms with E-state index in [-0.39, 0.29) is 82.8 Å². The normalized spacial score (nSPS) is 17.8. The number of carbonyl (C=O) groups is 2. The molecule has 1 saturated carbocycles. The Morgan fingerprint density at radius 2 is 0.783 bits per heavy atom. The average Bonchev–Trinajstić information content (AvgIpc) is 1.60. The number of benzene rings is 10. The van der Waals surface area contributed by atoms with Crippen LogP contribution in [0.1, 0.15) is 102 Å². The number of aliphatic hydroxyl groups is 3. The van der Waals surface area contributed by atoms with Crippen LogP contribution in [0.5, 0.6) is 0 Å². The van der Waals surface area contributed by atoms with Crippen LogP contribution in [0.2, 0.25) is 10.0 Å². The molecule has 18 rings (SSSR count). The molecule has 0 unspecified atom stereocenters. The van der Waals surface area contributed by atoms with Crippen molar-refractivity contribution in [3.63, 3.8) is 0 Å². The van der Waals surface area contributed by atoms with E-state index in [0.717, 1.165) is 256 Å². The van der Waals surface area contributed by atoms with Crippen molar-refractivity contribution in [1.29, 1.82) is 0 Å². The molecule has 6 fully saturated rings. The van der Waals surface area contributed by atoms with Crippen LogP contribution in [0.25, 0.3) is 44.8 Å². The molecule has 6 aliphatic rings. The molecule has 5 aliphatic heterocycles. The molecule has 5 saturated heterocycles. The number of carbonyl (C=O) groups excluding carboxylic acids is 2. The third-order valence-corrected chi connectivity index (χ3v) is 34.1. The van der Waals surface area contributed by atoms with Crippen molar-refractivity contribution in [2.45, 2.75) is 148 Å². The number of anilines is 8. The number of hydrogen-bond donors (Lipinski definition) is 9. The highest BCUT2D eigenvalue weighted by Gasteiger charge is 2.41. The second kappa shape index (κ2) is 47.9. The van der Waals surface area contributed by atoms with Crippen molar-refractivity contribution in [3.8, 4) is 44.8 Å². The third kappa shape index (κ3) is 26.7. The Labute approximate surface area is 874 Å². The van der Waals surface area contributed by atoms with E-state index in [1.54, 1.807) is 31.2 Å². The smallest absolute Gasteiger partial charge is 0.261 e. The van der Waals surface area contributed by atoms with Crippen molar-refractivity contribution in [2.75, 3.05) is 163 Å². The molecule has 2 aromatic heterocycles. The van der Waals surface area contributed by atoms with Crippen LogP contribution in [-0.2, 0) is 34.1 Å². The molecule has 758 valence electrons. The molecular weight excluding hydrogens is 1960 g/mol. The van der Waals surface area contributed by atoms with Crippen LogP contribution in [0.4, 0.5) is 45.5 Å². The van der Waals surface area contributed by atoms with E-state index in [1.165, 1.54) is 9.79 Å². The number of piperazine rings is 2. The highest BCUT2D eigenvalue weighted by atomic mass is 35.5. The van der Waals surface area contributed by atoms with Crippen LogP contribution >= 0.6 is 71.5 Å². The molecule has 2 atom stereocenters. The van der Waals surface area contributed by atoms with Crippen molar-refractivity contribution in [2.24, 2.45) is 14.1 Å². The summed E-state index contributed by atoms with van der Waals surface area (Å²) in [6, 6.07) is 79.4. The molecule has 12 aromatic rings. The Kier molecular flexibility index (Phi) is 35.8. The SMILES string of the molecule is Cc1cc(S(=O)(=O)Nc2ccc(N3CCN(c4cccc(-c5c(C(=O)NC6CC(C)(O)C6)c(C)n(C)c5-c5ccc(Cl)cc5)c4)CC3)cc2)ccc1N[C@H](CCN1CCC(O)CC1)CSc1ccccc1.Cc1cc(S(=O)(=O)Nc2ccc(N3CCN(c4cccc(-c5c(C(=O)NC6CN(C)C6)c(C)n(C)c5-c5ccc(Cl)cc5)c4)CC3)cc2)ccc1N[C@H](CCN1CCC(O)CC1)CSc1ccccc1.Cl.Cl. The number of sulfonamides is 2. The number of nitrogens with one attached hydrogen (secondary N) is 6. The first kappa shape index (κ1) is 107. The largest absolute Gasteiger partial charge is 0.393 e. The van der Waals surface area contributed by atoms with Gasteiger partial charge in [0.1, 0.15) is 0 Å². The van der Waals surface area contributed by atoms with Gasteiger partial charge in [-0.1, -0.05) is 108 Å². The van der Waals surface area contributed by atoms with E-state index in [9.17, 15) is 41.7 Å². The predicted octanol–water partition coefficient (Wildman–Crippen LogP) is 19.9. The predicted molar refractivity (Wildman–Crippen MR) is 594 cm³/mol. The summed E-state index contributed by atoms with van der Waals surface area (Å²) >= 11 is 16.3. The Hall–Kier alpha value is -10.4. The number of rotatable bonds is 34. The van der Waals surface area contributed by atoms with Crippen molar-refractivity contribution in [3.05, 3.63) is 286 Å². The van der Waals surface area contributed by atoms with Gasteiger partial charge in [-0.3, -0.25) is 19.0 Å². The molecule has 0 spiro atoms. The fourth-order valence-corrected chi connectivity index (χ4v) is 24.8. The van der Waals surface area contributed by atoms with E-state index in [1.807, 2.05) is 187 Å². The molecule has 1 aliphatic carbocycles. The maximum Gasteiger partial charge on any atom is 0.261 e. The minimum Gasteiger partial charge on any atom is -0.393 e. The van der Waals surface area contributed by atoms with Crippen molar-refractivity contribution in [1.82, 2.24) is 34.5 Å². The van der Waals surface area contributed by atoms with E-state index >= 15 is 0 Å². The fourth-order valence-electron chi connectivity index (χ4n) is 20.2. The van der Waals surface area contributed by atoms with Gasteiger partial charge in [-0.15, -0.1) is 48.3 Å². The highest BCUT2D eigenvalue weighted by Crippen LogP contribution is 2.45. The van der Waals surface area contributed by atoms with E-state index in [2.05, 4.69) is 178 Å². The van der Waals surface area contributed by atoms with E-state index < -0.39 is 25.6 Å². The van der Waals surface area contributed by atoms with Crippen LogP contribution in [-0.4, -0.2) is 233 Å². The molecule has 10 aromatic carbocycles. The summed E-state index contributed by atoms with van der Waals surface area (Å²) in [4.78, 5) is 47.5. The number of aryl methyl sites for hydroxylation is 2. The standard InChI is InChI=1S/C56H66ClN7O5S2.C55H65ClN8O4S2.2ClH/c1-38-33-50(21-22-51(38)58-44(37-70-49-11-6-5-7-12-49)23-26-62-27-24-48(65)25-28-62)71(68,69)60-43-17-19-46(20-18-43)63-29-31-64(32-30-63)47-10-8-9-41(34-47)53-52(55(66)59-45-35-56(3,67)36-45)39(2)61(4)54(53)40-13-15-42(57)16-14-40;1-38-33-50(21-22-51(38)57-44(37-69-49-11-6-5-7-12-49)23-26-62-27-24-48(65)25-28-62)70(67,68)59-43-17-19-46(20-18-43)63-29-31-64(32-30-63)47-10-8-9-41(34-47)53-52(55(66)58-45-35-60(3)36-45)39(2)61(4)54(53)40-13-15-42(56)16-14-40;;/h5-22,33-34,44-45,48,58,60,65,67H,23-32,35-37H2,1-4H3,(H,59,66);5-22,33-34,44-45,48,57,59,65H,23-32,35-37H2,1-4H3,(H,58,66);2*1H/t44-,45?,56?;44-;;/m11../s1. The highest BCUT2D eigenvalue weighted by molar-refractivity contribution is 7.99. The van der Waals surface area contributed by atoms with Gasteiger partial charge in [-0.05, 0) is 284 Å². The zero-order chi connectivity index (χ0) is 98.8. The molecular formula is C111H133Cl4N15O9S4. The quantitative estimate of drug-likeness (QED) is 0.0170. The number of amides is 2. The van der Waals surface area contributed by atoms with Gasteiger partial charge in [-0.25, -0.2) is 16.8 Å². The Balaban J connectivity index is 0.000000213. The van der Waals surface area contributed by atoms with Crippen LogP contribution in [0.3, 0.4) is 0 Å². The summed E-state index contributed by atoms with van der Waals surface area (Å²) in [6.07, 6.45) is 5.74. The molecule has 7 heterocycles. The van der Waals surface area contributed by atoms with Crippen LogP contribution < -0.4 is 50.3 Å². The number of piperidine rings is 2. The lowest BCUT2D eigenvalue weighted by atomic mass is 9.77. The van der Waals surface area contributed by atoms with E-state index in [0.29, 0.717) is 45.4 Å². The number of aliphatic hydroxyl groups excluding tert-OH is 2. The lowest BCUT2D eigenvalue weighted by Gasteiger charge is -2.41. The number of likely N-dealkylation sites (N-methyl/N-ethyl adjacent to an activating group) is 1. The average molecular weight is 2090 g/mol. The number of hydrogen-bond acceptors (Lipinski definition) is 20. The number of halogens is 4. The van der Waals surface area contributed by atoms with Crippen LogP contribution in [0.15, 0.2) is 262 Å². The summed E-state index contributed by atoms with van der Waals surface area (Å²) in [5.41, 5.74) is 18.6. The van der Waals surface area contributed by atoms with Gasteiger partial charge in [0.05, 0.1) is 56.2 Å². The first-order valence-electron chi connectivity index (χ1n) is 49.2. The van der Waals surface area contributed by atoms with Gasteiger partial charge in [-0.2, -0.15) is 0 Å². The molecule has 24 nitrogen and oxygen atoms in total. The zero-order valence-corrected chi connectivity index (χ0v) is 88.9. The molecule has 9 N–H and O–H groups in total. The van der Waals surface area contributed by atoms with Gasteiger partial charge in [0.25, 0.3) is 31.9 Å². The number of likely N-dealkylation sites (tertiary alicyclic amines) is 3. The summed E-state index contributed by atoms with van der Waals surface area (Å²) in [5, 5.41) is 45.7. The molecule has 2 amide bonds. The summed E-state index contributed by atoms with van der Waals surface area (Å²) in [5.74, 6) is 1.52. The minimum absolute atomic E-state index is 0. The third-order valence-electron chi connectivity index (χ3n) is 28.5. The fraction of sp³-hybridized carbons (Fsp3) is 0.369. The Morgan fingerprint density at radius 3 is 1.13 bits per heavy atom. The molecule has 0 radical (unpaired) electrons. The summed E-state index contributed by atoms with van der Waals surface area (Å²) < 4.78 is 64.9. The lowest BCUT2D eigenvalue weighted by molar-refractivity contribution is -0.0367. The number of nitrogens with zero attached hydrogens (tertiary/aromatic N) is 9. The molecule has 32 heteroatoms. The monoisotopic (exact) mass is 2090 g/mol. The molecule has 143 heavy (non-hydrogen) atoms. The first-order valence-corrected chi connectivity index (χ1v) is 54.9. The van der Waals surface area contributed by atoms with Gasteiger partial charge in [0.15, 0.2) is 0 Å². The second-order valence-electron chi connectivity index (χ2n) is 38.9. The van der Waals surface area contributed by atoms with E-state index in [4.69, 9.17) is 23.2 Å². The van der Waals surface area contributed by atoms with Crippen molar-refractivity contribution < 1.29 is 41.7 Å². The Bertz CT molecular complexity index is 6570. The van der Waals surface area contributed by atoms with Gasteiger partial charge >= 0.3 is 0 Å². The first-order chi connectivity index (χ1) is 67.9. The maximum atomic E-state index is 14.1. The summed E-state index contributed by atoms with van der Waals surface area (Å²) in [7, 11) is -1.64. The lowest BCUT2D eigenvalue weighted by Crippen LogP contribution is -2.57. The molecule has 0 bridgehead atoms. The van der Waals surface area contributed by atoms with Crippen LogP contribution in [0, 0.1) is 27.7 Å². The summed E-state index contributed by atoms with van der Waals surface area (Å²) in [6.45, 7) is 23.1. The second-order valence-corrected chi connectivity index (χ2v) is 45.4. The minimum atomic E-state index is -3.86. The zero-order valence-electron chi connectivity index (χ0n) is 82.5. The topological polar surface area (TPSA) is 268 Å². The van der Waals surface area contributed by atoms with Crippen molar-refractivity contribution >= 4 is 149 Å². The van der Waals surface area contributed by atoms with Gasteiger partial charge in [0.2, 0.25) is 0 Å². The Morgan fingerprint density at radius 1 is 0.427 bits per heavy atom. The number of thioether (sulfide) groups is 2. The maximum absolute atomic E-state index is 14.1.